The first-order valence-electron chi connectivity index (χ1n) is 13.1. The van der Waals surface area contributed by atoms with Crippen LogP contribution in [0.5, 0.6) is 5.75 Å². The first kappa shape index (κ1) is 27.5. The largest absolute Gasteiger partial charge is 0.491 e. The fourth-order valence-corrected chi connectivity index (χ4v) is 4.92. The number of hydrogen-bond donors (Lipinski definition) is 1. The van der Waals surface area contributed by atoms with Crippen LogP contribution >= 0.6 is 0 Å². The second-order valence-corrected chi connectivity index (χ2v) is 9.21. The number of ether oxygens (including phenoxy) is 2. The quantitative estimate of drug-likeness (QED) is 0.334. The molecule has 2 aromatic carbocycles. The SMILES string of the molecule is CC.O=C(O)/C(=C/c1ccc(OCCOCc2ccccc2)cc1)CC(=O)N1CC2CCCCC2C1. The van der Waals surface area contributed by atoms with E-state index in [2.05, 4.69) is 0 Å². The van der Waals surface area contributed by atoms with E-state index in [0.717, 1.165) is 24.2 Å². The van der Waals surface area contributed by atoms with Crippen molar-refractivity contribution in [3.05, 3.63) is 71.3 Å². The number of amides is 1. The minimum atomic E-state index is -1.05. The van der Waals surface area contributed by atoms with E-state index in [1.165, 1.54) is 25.7 Å². The summed E-state index contributed by atoms with van der Waals surface area (Å²) in [4.78, 5) is 26.5. The number of nitrogens with zero attached hydrogens (tertiary/aromatic N) is 1. The van der Waals surface area contributed by atoms with Gasteiger partial charge in [0.15, 0.2) is 0 Å². The van der Waals surface area contributed by atoms with E-state index in [-0.39, 0.29) is 17.9 Å². The molecule has 0 spiro atoms. The van der Waals surface area contributed by atoms with Gasteiger partial charge in [-0.3, -0.25) is 4.79 Å². The van der Waals surface area contributed by atoms with Crippen molar-refractivity contribution in [3.8, 4) is 5.75 Å². The summed E-state index contributed by atoms with van der Waals surface area (Å²) in [6.45, 7) is 6.99. The molecule has 1 amide bonds. The third-order valence-corrected chi connectivity index (χ3v) is 6.77. The zero-order valence-electron chi connectivity index (χ0n) is 21.5. The number of carbonyl (C=O) groups excluding carboxylic acids is 1. The summed E-state index contributed by atoms with van der Waals surface area (Å²) in [6.07, 6.45) is 6.35. The summed E-state index contributed by atoms with van der Waals surface area (Å²) < 4.78 is 11.3. The number of rotatable bonds is 10. The topological polar surface area (TPSA) is 76.1 Å². The smallest absolute Gasteiger partial charge is 0.332 e. The number of aliphatic carboxylic acids is 1. The molecule has 2 fully saturated rings. The number of carbonyl (C=O) groups is 2. The van der Waals surface area contributed by atoms with Crippen molar-refractivity contribution in [3.63, 3.8) is 0 Å². The summed E-state index contributed by atoms with van der Waals surface area (Å²) in [5, 5.41) is 9.66. The van der Waals surface area contributed by atoms with E-state index in [1.54, 1.807) is 30.3 Å². The zero-order valence-corrected chi connectivity index (χ0v) is 21.5. The molecular formula is C30H39NO5. The highest BCUT2D eigenvalue weighted by atomic mass is 16.5. The Morgan fingerprint density at radius 2 is 1.58 bits per heavy atom. The van der Waals surface area contributed by atoms with Crippen molar-refractivity contribution in [2.75, 3.05) is 26.3 Å². The Labute approximate surface area is 214 Å². The van der Waals surface area contributed by atoms with Crippen LogP contribution < -0.4 is 4.74 Å². The lowest BCUT2D eigenvalue weighted by Gasteiger charge is -2.22. The van der Waals surface area contributed by atoms with Crippen molar-refractivity contribution in [1.29, 1.82) is 0 Å². The van der Waals surface area contributed by atoms with Crippen molar-refractivity contribution >= 4 is 18.0 Å². The second-order valence-electron chi connectivity index (χ2n) is 9.21. The molecule has 194 valence electrons. The van der Waals surface area contributed by atoms with E-state index in [0.29, 0.717) is 37.4 Å². The van der Waals surface area contributed by atoms with Gasteiger partial charge in [0.1, 0.15) is 12.4 Å². The van der Waals surface area contributed by atoms with Crippen LogP contribution in [0.4, 0.5) is 0 Å². The Bertz CT molecular complexity index is 972. The Kier molecular flexibility index (Phi) is 11.0. The third-order valence-electron chi connectivity index (χ3n) is 6.77. The number of likely N-dealkylation sites (tertiary alicyclic amines) is 1. The molecule has 1 N–H and O–H groups in total. The maximum atomic E-state index is 12.8. The van der Waals surface area contributed by atoms with Crippen molar-refractivity contribution < 1.29 is 24.2 Å². The first-order chi connectivity index (χ1) is 17.6. The van der Waals surface area contributed by atoms with Gasteiger partial charge in [0.25, 0.3) is 0 Å². The Morgan fingerprint density at radius 3 is 2.19 bits per heavy atom. The molecule has 1 saturated heterocycles. The molecule has 1 aliphatic heterocycles. The van der Waals surface area contributed by atoms with Crippen molar-refractivity contribution in [1.82, 2.24) is 4.90 Å². The number of hydrogen-bond acceptors (Lipinski definition) is 4. The molecule has 2 aliphatic rings. The Balaban J connectivity index is 0.00000176. The van der Waals surface area contributed by atoms with Crippen LogP contribution in [0, 0.1) is 11.8 Å². The molecule has 1 saturated carbocycles. The number of carboxylic acid groups (broad SMARTS) is 1. The molecule has 4 rings (SSSR count). The van der Waals surface area contributed by atoms with Gasteiger partial charge in [-0.1, -0.05) is 69.2 Å². The summed E-state index contributed by atoms with van der Waals surface area (Å²) in [7, 11) is 0. The summed E-state index contributed by atoms with van der Waals surface area (Å²) in [5.74, 6) is 0.727. The second kappa shape index (κ2) is 14.4. The lowest BCUT2D eigenvalue weighted by molar-refractivity contribution is -0.136. The highest BCUT2D eigenvalue weighted by Crippen LogP contribution is 2.36. The van der Waals surface area contributed by atoms with Crippen LogP contribution in [0.25, 0.3) is 6.08 Å². The fraction of sp³-hybridized carbons (Fsp3) is 0.467. The van der Waals surface area contributed by atoms with Gasteiger partial charge in [0.05, 0.1) is 19.6 Å². The standard InChI is InChI=1S/C28H33NO5.C2H6/c30-27(29-18-23-8-4-5-9-24(23)19-29)17-25(28(31)32)16-21-10-12-26(13-11-21)34-15-14-33-20-22-6-2-1-3-7-22;1-2/h1-3,6-7,10-13,16,23-24H,4-5,8-9,14-15,17-20H2,(H,31,32);1-2H3/b25-16+;. The predicted molar refractivity (Wildman–Crippen MR) is 142 cm³/mol. The van der Waals surface area contributed by atoms with E-state index in [1.807, 2.05) is 49.1 Å². The van der Waals surface area contributed by atoms with E-state index < -0.39 is 5.97 Å². The normalized spacial score (nSPS) is 19.2. The minimum Gasteiger partial charge on any atom is -0.491 e. The average molecular weight is 494 g/mol. The molecule has 36 heavy (non-hydrogen) atoms. The highest BCUT2D eigenvalue weighted by molar-refractivity contribution is 5.98. The van der Waals surface area contributed by atoms with Gasteiger partial charge in [-0.2, -0.15) is 0 Å². The van der Waals surface area contributed by atoms with Crippen LogP contribution in [0.15, 0.2) is 60.2 Å². The lowest BCUT2D eigenvalue weighted by Crippen LogP contribution is -2.29. The van der Waals surface area contributed by atoms with Gasteiger partial charge in [0, 0.05) is 18.7 Å². The van der Waals surface area contributed by atoms with Crippen LogP contribution in [0.3, 0.4) is 0 Å². The van der Waals surface area contributed by atoms with E-state index in [9.17, 15) is 14.7 Å². The summed E-state index contributed by atoms with van der Waals surface area (Å²) in [5.41, 5.74) is 1.96. The number of fused-ring (bicyclic) bond motifs is 1. The molecule has 6 nitrogen and oxygen atoms in total. The molecule has 2 atom stereocenters. The van der Waals surface area contributed by atoms with Crippen LogP contribution in [0.2, 0.25) is 0 Å². The zero-order chi connectivity index (χ0) is 25.8. The highest BCUT2D eigenvalue weighted by Gasteiger charge is 2.36. The van der Waals surface area contributed by atoms with Crippen molar-refractivity contribution in [2.24, 2.45) is 11.8 Å². The lowest BCUT2D eigenvalue weighted by atomic mass is 9.82. The van der Waals surface area contributed by atoms with Crippen LogP contribution in [0.1, 0.15) is 57.1 Å². The molecular weight excluding hydrogens is 454 g/mol. The monoisotopic (exact) mass is 493 g/mol. The van der Waals surface area contributed by atoms with E-state index >= 15 is 0 Å². The summed E-state index contributed by atoms with van der Waals surface area (Å²) >= 11 is 0. The molecule has 0 bridgehead atoms. The molecule has 1 aliphatic carbocycles. The van der Waals surface area contributed by atoms with Gasteiger partial charge in [-0.25, -0.2) is 4.79 Å². The summed E-state index contributed by atoms with van der Waals surface area (Å²) in [6, 6.07) is 17.2. The van der Waals surface area contributed by atoms with Gasteiger partial charge >= 0.3 is 5.97 Å². The van der Waals surface area contributed by atoms with Gasteiger partial charge < -0.3 is 19.5 Å². The van der Waals surface area contributed by atoms with Crippen LogP contribution in [-0.4, -0.2) is 48.2 Å². The molecule has 6 heteroatoms. The molecule has 2 unspecified atom stereocenters. The maximum Gasteiger partial charge on any atom is 0.332 e. The first-order valence-corrected chi connectivity index (χ1v) is 13.1. The van der Waals surface area contributed by atoms with Crippen molar-refractivity contribution in [2.45, 2.75) is 52.6 Å². The maximum absolute atomic E-state index is 12.8. The molecule has 0 radical (unpaired) electrons. The van der Waals surface area contributed by atoms with Gasteiger partial charge in [-0.05, 0) is 54.0 Å². The third kappa shape index (κ3) is 8.23. The van der Waals surface area contributed by atoms with Crippen LogP contribution in [-0.2, 0) is 20.9 Å². The molecule has 1 heterocycles. The number of carboxylic acids is 1. The van der Waals surface area contributed by atoms with Gasteiger partial charge in [0.2, 0.25) is 5.91 Å². The molecule has 2 aromatic rings. The Morgan fingerprint density at radius 1 is 0.944 bits per heavy atom. The predicted octanol–water partition coefficient (Wildman–Crippen LogP) is 5.82. The molecule has 0 aromatic heterocycles. The Hall–Kier alpha value is -3.12. The van der Waals surface area contributed by atoms with Gasteiger partial charge in [-0.15, -0.1) is 0 Å². The number of benzene rings is 2. The average Bonchev–Trinajstić information content (AvgIpc) is 3.35. The van der Waals surface area contributed by atoms with E-state index in [4.69, 9.17) is 9.47 Å². The minimum absolute atomic E-state index is 0.0776. The fourth-order valence-electron chi connectivity index (χ4n) is 4.92.